The molecule has 18 heavy (non-hydrogen) atoms. The van der Waals surface area contributed by atoms with Gasteiger partial charge in [0.05, 0.1) is 12.2 Å². The van der Waals surface area contributed by atoms with Gasteiger partial charge in [-0.3, -0.25) is 9.69 Å². The summed E-state index contributed by atoms with van der Waals surface area (Å²) in [5.41, 5.74) is 6.21. The summed E-state index contributed by atoms with van der Waals surface area (Å²) in [5.74, 6) is 0. The zero-order valence-corrected chi connectivity index (χ0v) is 11.1. The van der Waals surface area contributed by atoms with Crippen LogP contribution in [-0.4, -0.2) is 41.3 Å². The Labute approximate surface area is 107 Å². The Morgan fingerprint density at radius 2 is 2.17 bits per heavy atom. The average Bonchev–Trinajstić information content (AvgIpc) is 2.29. The molecular formula is C13H21N3O2. The van der Waals surface area contributed by atoms with Crippen molar-refractivity contribution in [3.8, 4) is 0 Å². The number of nitrogens with zero attached hydrogens (tertiary/aromatic N) is 2. The van der Waals surface area contributed by atoms with Crippen LogP contribution in [0.15, 0.2) is 23.1 Å². The molecule has 0 aliphatic carbocycles. The summed E-state index contributed by atoms with van der Waals surface area (Å²) in [5, 5.41) is 0. The van der Waals surface area contributed by atoms with E-state index in [0.29, 0.717) is 12.2 Å². The molecule has 1 aliphatic rings. The molecule has 1 aliphatic heterocycles. The molecule has 2 heterocycles. The molecule has 2 N–H and O–H groups in total. The maximum atomic E-state index is 11.6. The van der Waals surface area contributed by atoms with Gasteiger partial charge in [-0.2, -0.15) is 0 Å². The molecule has 0 unspecified atom stereocenters. The van der Waals surface area contributed by atoms with Crippen molar-refractivity contribution in [2.45, 2.75) is 26.0 Å². The van der Waals surface area contributed by atoms with E-state index in [1.54, 1.807) is 16.8 Å². The van der Waals surface area contributed by atoms with Crippen molar-refractivity contribution < 1.29 is 4.74 Å². The number of ether oxygens (including phenoxy) is 1. The van der Waals surface area contributed by atoms with Gasteiger partial charge in [0.25, 0.3) is 5.56 Å². The van der Waals surface area contributed by atoms with E-state index < -0.39 is 0 Å². The van der Waals surface area contributed by atoms with Crippen LogP contribution in [0.4, 0.5) is 5.69 Å². The third-order valence-corrected chi connectivity index (χ3v) is 3.17. The van der Waals surface area contributed by atoms with Crippen molar-refractivity contribution in [3.63, 3.8) is 0 Å². The quantitative estimate of drug-likeness (QED) is 0.852. The van der Waals surface area contributed by atoms with E-state index >= 15 is 0 Å². The minimum Gasteiger partial charge on any atom is -0.398 e. The molecule has 0 amide bonds. The largest absolute Gasteiger partial charge is 0.398 e. The van der Waals surface area contributed by atoms with E-state index in [-0.39, 0.29) is 11.2 Å². The number of hydrogen-bond acceptors (Lipinski definition) is 4. The molecule has 5 heteroatoms. The molecule has 1 fully saturated rings. The average molecular weight is 251 g/mol. The van der Waals surface area contributed by atoms with Gasteiger partial charge in [-0.1, -0.05) is 0 Å². The third-order valence-electron chi connectivity index (χ3n) is 3.17. The van der Waals surface area contributed by atoms with Gasteiger partial charge >= 0.3 is 0 Å². The topological polar surface area (TPSA) is 60.5 Å². The lowest BCUT2D eigenvalue weighted by atomic mass is 10.1. The summed E-state index contributed by atoms with van der Waals surface area (Å²) in [6.07, 6.45) is 1.70. The Hall–Kier alpha value is -1.33. The molecule has 0 spiro atoms. The van der Waals surface area contributed by atoms with Crippen LogP contribution in [0, 0.1) is 0 Å². The van der Waals surface area contributed by atoms with Crippen molar-refractivity contribution in [1.82, 2.24) is 9.47 Å². The fourth-order valence-electron chi connectivity index (χ4n) is 2.28. The second-order valence-electron chi connectivity index (χ2n) is 5.38. The summed E-state index contributed by atoms with van der Waals surface area (Å²) in [6.45, 7) is 8.25. The van der Waals surface area contributed by atoms with Gasteiger partial charge in [0.15, 0.2) is 0 Å². The third kappa shape index (κ3) is 3.34. The van der Waals surface area contributed by atoms with Crippen LogP contribution < -0.4 is 11.3 Å². The molecule has 1 aromatic rings. The summed E-state index contributed by atoms with van der Waals surface area (Å²) < 4.78 is 7.32. The molecule has 5 nitrogen and oxygen atoms in total. The lowest BCUT2D eigenvalue weighted by Crippen LogP contribution is -2.49. The summed E-state index contributed by atoms with van der Waals surface area (Å²) in [4.78, 5) is 14.0. The SMILES string of the molecule is CC1(C)CN(CCn2cc(N)ccc2=O)CCO1. The standard InChI is InChI=1S/C13H21N3O2/c1-13(2)10-15(7-8-18-13)5-6-16-9-11(14)3-4-12(16)17/h3-4,9H,5-8,10,14H2,1-2H3. The van der Waals surface area contributed by atoms with Crippen LogP contribution in [0.1, 0.15) is 13.8 Å². The minimum absolute atomic E-state index is 0.00304. The maximum absolute atomic E-state index is 11.6. The van der Waals surface area contributed by atoms with Gasteiger partial charge in [0.1, 0.15) is 0 Å². The van der Waals surface area contributed by atoms with E-state index in [2.05, 4.69) is 18.7 Å². The van der Waals surface area contributed by atoms with Crippen molar-refractivity contribution in [2.75, 3.05) is 32.0 Å². The number of rotatable bonds is 3. The van der Waals surface area contributed by atoms with Crippen molar-refractivity contribution in [2.24, 2.45) is 0 Å². The van der Waals surface area contributed by atoms with Crippen LogP contribution >= 0.6 is 0 Å². The zero-order chi connectivity index (χ0) is 13.2. The molecule has 100 valence electrons. The number of anilines is 1. The lowest BCUT2D eigenvalue weighted by Gasteiger charge is -2.38. The van der Waals surface area contributed by atoms with Gasteiger partial charge in [-0.05, 0) is 19.9 Å². The molecule has 0 radical (unpaired) electrons. The molecule has 0 aromatic carbocycles. The second kappa shape index (κ2) is 5.12. The Morgan fingerprint density at radius 1 is 1.39 bits per heavy atom. The molecule has 1 saturated heterocycles. The Bertz CT molecular complexity index is 468. The van der Waals surface area contributed by atoms with E-state index in [1.807, 2.05) is 0 Å². The first-order valence-corrected chi connectivity index (χ1v) is 6.29. The van der Waals surface area contributed by atoms with Crippen molar-refractivity contribution in [1.29, 1.82) is 0 Å². The number of hydrogen-bond donors (Lipinski definition) is 1. The van der Waals surface area contributed by atoms with Crippen molar-refractivity contribution >= 4 is 5.69 Å². The monoisotopic (exact) mass is 251 g/mol. The van der Waals surface area contributed by atoms with Crippen molar-refractivity contribution in [3.05, 3.63) is 28.7 Å². The van der Waals surface area contributed by atoms with E-state index in [9.17, 15) is 4.79 Å². The van der Waals surface area contributed by atoms with Gasteiger partial charge in [0, 0.05) is 44.1 Å². The number of pyridine rings is 1. The highest BCUT2D eigenvalue weighted by atomic mass is 16.5. The van der Waals surface area contributed by atoms with Crippen LogP contribution in [0.25, 0.3) is 0 Å². The second-order valence-corrected chi connectivity index (χ2v) is 5.38. The highest BCUT2D eigenvalue weighted by molar-refractivity contribution is 5.33. The summed E-state index contributed by atoms with van der Waals surface area (Å²) in [7, 11) is 0. The lowest BCUT2D eigenvalue weighted by molar-refractivity contribution is -0.0864. The first kappa shape index (κ1) is 13.1. The number of aromatic nitrogens is 1. The Morgan fingerprint density at radius 3 is 2.89 bits per heavy atom. The Kier molecular flexibility index (Phi) is 3.73. The summed E-state index contributed by atoms with van der Waals surface area (Å²) >= 11 is 0. The first-order chi connectivity index (χ1) is 8.46. The predicted octanol–water partition coefficient (Wildman–Crippen LogP) is 0.541. The number of nitrogens with two attached hydrogens (primary N) is 1. The molecule has 0 bridgehead atoms. The van der Waals surface area contributed by atoms with E-state index in [1.165, 1.54) is 6.07 Å². The van der Waals surface area contributed by atoms with Gasteiger partial charge in [-0.25, -0.2) is 0 Å². The molecule has 0 saturated carbocycles. The number of morpholine rings is 1. The minimum atomic E-state index is -0.0983. The molecule has 1 aromatic heterocycles. The molecule has 0 atom stereocenters. The smallest absolute Gasteiger partial charge is 0.250 e. The van der Waals surface area contributed by atoms with Gasteiger partial charge in [0.2, 0.25) is 0 Å². The van der Waals surface area contributed by atoms with Crippen LogP contribution in [0.3, 0.4) is 0 Å². The molecular weight excluding hydrogens is 230 g/mol. The first-order valence-electron chi connectivity index (χ1n) is 6.29. The van der Waals surface area contributed by atoms with Crippen LogP contribution in [-0.2, 0) is 11.3 Å². The van der Waals surface area contributed by atoms with E-state index in [0.717, 1.165) is 26.2 Å². The zero-order valence-electron chi connectivity index (χ0n) is 11.1. The fourth-order valence-corrected chi connectivity index (χ4v) is 2.28. The normalized spacial score (nSPS) is 19.9. The van der Waals surface area contributed by atoms with E-state index in [4.69, 9.17) is 10.5 Å². The Balaban J connectivity index is 1.95. The number of nitrogen functional groups attached to an aromatic ring is 1. The molecule has 2 rings (SSSR count). The van der Waals surface area contributed by atoms with Crippen LogP contribution in [0.2, 0.25) is 0 Å². The van der Waals surface area contributed by atoms with Gasteiger partial charge < -0.3 is 15.0 Å². The summed E-state index contributed by atoms with van der Waals surface area (Å²) in [6, 6.07) is 3.15. The fraction of sp³-hybridized carbons (Fsp3) is 0.615. The predicted molar refractivity (Wildman–Crippen MR) is 71.6 cm³/mol. The van der Waals surface area contributed by atoms with Gasteiger partial charge in [-0.15, -0.1) is 0 Å². The van der Waals surface area contributed by atoms with Crippen LogP contribution in [0.5, 0.6) is 0 Å². The maximum Gasteiger partial charge on any atom is 0.250 e. The highest BCUT2D eigenvalue weighted by Crippen LogP contribution is 2.15. The highest BCUT2D eigenvalue weighted by Gasteiger charge is 2.26.